The van der Waals surface area contributed by atoms with Gasteiger partial charge < -0.3 is 31.4 Å². The van der Waals surface area contributed by atoms with Crippen molar-refractivity contribution in [2.24, 2.45) is 22.2 Å². The first-order valence-corrected chi connectivity index (χ1v) is 17.6. The predicted molar refractivity (Wildman–Crippen MR) is 207 cm³/mol. The van der Waals surface area contributed by atoms with Gasteiger partial charge in [0.2, 0.25) is 5.91 Å². The highest BCUT2D eigenvalue weighted by atomic mass is 16.5. The number of nitrogens with zero attached hydrogens (tertiary/aromatic N) is 4. The topological polar surface area (TPSA) is 155 Å². The molecule has 10 nitrogen and oxygen atoms in total. The molecule has 4 aromatic rings. The molecule has 0 radical (unpaired) electrons. The summed E-state index contributed by atoms with van der Waals surface area (Å²) < 4.78 is 7.76. The predicted octanol–water partition coefficient (Wildman–Crippen LogP) is 8.38. The lowest BCUT2D eigenvalue weighted by atomic mass is 10.1. The second-order valence-corrected chi connectivity index (χ2v) is 10.4. The number of hydrogen-bond acceptors (Lipinski definition) is 5. The van der Waals surface area contributed by atoms with Gasteiger partial charge in [0.1, 0.15) is 23.9 Å². The minimum absolute atomic E-state index is 0.0140. The fraction of sp³-hybridized carbons (Fsp3) is 0.436. The van der Waals surface area contributed by atoms with Crippen LogP contribution in [0, 0.1) is 0 Å². The number of carbonyl (C=O) groups excluding carboxylic acids is 2. The third-order valence-corrected chi connectivity index (χ3v) is 6.17. The fourth-order valence-electron chi connectivity index (χ4n) is 4.40. The van der Waals surface area contributed by atoms with Crippen LogP contribution in [0.3, 0.4) is 0 Å². The second kappa shape index (κ2) is 26.1. The largest absolute Gasteiger partial charge is 0.457 e. The van der Waals surface area contributed by atoms with Crippen LogP contribution in [-0.2, 0) is 11.3 Å². The molecule has 2 amide bonds. The van der Waals surface area contributed by atoms with Gasteiger partial charge in [-0.05, 0) is 61.7 Å². The summed E-state index contributed by atoms with van der Waals surface area (Å²) in [4.78, 5) is 35.4. The summed E-state index contributed by atoms with van der Waals surface area (Å²) in [5.74, 6) is 1.65. The summed E-state index contributed by atoms with van der Waals surface area (Å²) in [7, 11) is 0. The summed E-state index contributed by atoms with van der Waals surface area (Å²) in [6, 6.07) is 22.5. The molecule has 4 rings (SSSR count). The van der Waals surface area contributed by atoms with Gasteiger partial charge in [-0.25, -0.2) is 4.98 Å². The molecule has 0 aliphatic carbocycles. The summed E-state index contributed by atoms with van der Waals surface area (Å²) in [6.07, 6.45) is 4.04. The summed E-state index contributed by atoms with van der Waals surface area (Å²) in [5, 5.41) is 0. The van der Waals surface area contributed by atoms with E-state index in [1.807, 2.05) is 100 Å². The molecule has 0 unspecified atom stereocenters. The van der Waals surface area contributed by atoms with Crippen LogP contribution in [0.5, 0.6) is 11.5 Å². The maximum absolute atomic E-state index is 13.1. The molecule has 0 saturated carbocycles. The lowest BCUT2D eigenvalue weighted by Crippen LogP contribution is -2.32. The van der Waals surface area contributed by atoms with E-state index in [2.05, 4.69) is 32.7 Å². The van der Waals surface area contributed by atoms with Crippen LogP contribution in [0.25, 0.3) is 22.4 Å². The molecule has 0 spiro atoms. The SMILES string of the molecule is CC.CC.CCC.CCCN(CCC)C(=O)c1ccc2c(c1)nc(-c1cccc(Oc3ccccc3)c1)n2CC(N)=O.CCCN=C(N)N. The molecule has 0 saturated heterocycles. The van der Waals surface area contributed by atoms with Gasteiger partial charge in [0, 0.05) is 30.8 Å². The lowest BCUT2D eigenvalue weighted by Gasteiger charge is -2.21. The first-order valence-electron chi connectivity index (χ1n) is 17.6. The molecule has 1 aromatic heterocycles. The zero-order chi connectivity index (χ0) is 37.2. The molecule has 0 aliphatic rings. The number of primary amides is 1. The van der Waals surface area contributed by atoms with Crippen molar-refractivity contribution < 1.29 is 14.3 Å². The molecule has 0 aliphatic heterocycles. The summed E-state index contributed by atoms with van der Waals surface area (Å²) in [6.45, 7) is 20.5. The highest BCUT2D eigenvalue weighted by Crippen LogP contribution is 2.30. The molecule has 1 heterocycles. The summed E-state index contributed by atoms with van der Waals surface area (Å²) in [5.41, 5.74) is 18.3. The van der Waals surface area contributed by atoms with Crippen molar-refractivity contribution in [3.8, 4) is 22.9 Å². The number of amides is 2. The van der Waals surface area contributed by atoms with Gasteiger partial charge in [-0.1, -0.05) is 99.1 Å². The van der Waals surface area contributed by atoms with Crippen LogP contribution in [0.4, 0.5) is 0 Å². The van der Waals surface area contributed by atoms with Crippen molar-refractivity contribution in [2.45, 2.75) is 94.5 Å². The smallest absolute Gasteiger partial charge is 0.253 e. The van der Waals surface area contributed by atoms with Crippen molar-refractivity contribution in [1.29, 1.82) is 0 Å². The Bertz CT molecular complexity index is 1510. The number of ether oxygens (including phenoxy) is 1. The Labute approximate surface area is 294 Å². The van der Waals surface area contributed by atoms with Gasteiger partial charge >= 0.3 is 0 Å². The number of rotatable bonds is 12. The summed E-state index contributed by atoms with van der Waals surface area (Å²) >= 11 is 0. The van der Waals surface area contributed by atoms with E-state index < -0.39 is 5.91 Å². The molecule has 10 heteroatoms. The minimum atomic E-state index is -0.473. The van der Waals surface area contributed by atoms with E-state index in [1.165, 1.54) is 6.42 Å². The Morgan fingerprint density at radius 3 is 1.88 bits per heavy atom. The van der Waals surface area contributed by atoms with Crippen LogP contribution in [0.1, 0.15) is 98.4 Å². The number of benzene rings is 3. The number of aliphatic imine (C=N–C) groups is 1. The van der Waals surface area contributed by atoms with Crippen molar-refractivity contribution >= 4 is 28.8 Å². The monoisotopic (exact) mass is 675 g/mol. The van der Waals surface area contributed by atoms with Crippen LogP contribution < -0.4 is 21.9 Å². The Balaban J connectivity index is 0.00000141. The van der Waals surface area contributed by atoms with E-state index in [1.54, 1.807) is 16.7 Å². The number of imidazole rings is 1. The number of hydrogen-bond donors (Lipinski definition) is 3. The Kier molecular flexibility index (Phi) is 23.5. The van der Waals surface area contributed by atoms with Gasteiger partial charge in [0.05, 0.1) is 11.0 Å². The van der Waals surface area contributed by atoms with Crippen LogP contribution in [-0.4, -0.2) is 51.9 Å². The second-order valence-electron chi connectivity index (χ2n) is 10.4. The molecule has 3 aromatic carbocycles. The lowest BCUT2D eigenvalue weighted by molar-refractivity contribution is -0.118. The third kappa shape index (κ3) is 15.7. The van der Waals surface area contributed by atoms with Crippen LogP contribution >= 0.6 is 0 Å². The fourth-order valence-corrected chi connectivity index (χ4v) is 4.40. The van der Waals surface area contributed by atoms with Crippen molar-refractivity contribution in [3.63, 3.8) is 0 Å². The molecule has 0 bridgehead atoms. The number of para-hydroxylation sites is 1. The average Bonchev–Trinajstić information content (AvgIpc) is 3.46. The molecular formula is C39H61N7O3. The quantitative estimate of drug-likeness (QED) is 0.101. The van der Waals surface area contributed by atoms with E-state index in [4.69, 9.17) is 26.9 Å². The van der Waals surface area contributed by atoms with Crippen LogP contribution in [0.2, 0.25) is 0 Å². The molecular weight excluding hydrogens is 614 g/mol. The molecule has 0 fully saturated rings. The zero-order valence-corrected chi connectivity index (χ0v) is 31.3. The Morgan fingerprint density at radius 1 is 0.776 bits per heavy atom. The van der Waals surface area contributed by atoms with Gasteiger partial charge in [-0.2, -0.15) is 0 Å². The molecule has 0 atom stereocenters. The van der Waals surface area contributed by atoms with E-state index in [0.29, 0.717) is 35.7 Å². The van der Waals surface area contributed by atoms with E-state index >= 15 is 0 Å². The van der Waals surface area contributed by atoms with Gasteiger partial charge in [-0.3, -0.25) is 14.6 Å². The number of guanidine groups is 1. The minimum Gasteiger partial charge on any atom is -0.457 e. The average molecular weight is 676 g/mol. The molecule has 6 N–H and O–H groups in total. The Morgan fingerprint density at radius 2 is 1.37 bits per heavy atom. The van der Waals surface area contributed by atoms with Gasteiger partial charge in [0.15, 0.2) is 5.96 Å². The maximum Gasteiger partial charge on any atom is 0.253 e. The number of aromatic nitrogens is 2. The van der Waals surface area contributed by atoms with Crippen molar-refractivity contribution in [3.05, 3.63) is 78.4 Å². The highest BCUT2D eigenvalue weighted by Gasteiger charge is 2.19. The third-order valence-electron chi connectivity index (χ3n) is 6.17. The van der Waals surface area contributed by atoms with E-state index in [9.17, 15) is 9.59 Å². The maximum atomic E-state index is 13.1. The standard InChI is InChI=1S/C28H30N4O3.C4H11N3.C3H8.2C2H6/c1-3-15-31(16-4-2)28(34)21-13-14-25-24(18-21)30-27(32(25)19-26(29)33)20-9-8-12-23(17-20)35-22-10-6-5-7-11-22;1-2-3-7-4(5)6;1-3-2;2*1-2/h5-14,17-18H,3-4,15-16,19H2,1-2H3,(H2,29,33);2-3H2,1H3,(H4,5,6,7);3H2,1-2H3;2*1-2H3. The molecule has 49 heavy (non-hydrogen) atoms. The first-order chi connectivity index (χ1) is 23.7. The first kappa shape index (κ1) is 44.1. The van der Waals surface area contributed by atoms with Crippen molar-refractivity contribution in [2.75, 3.05) is 19.6 Å². The van der Waals surface area contributed by atoms with Crippen LogP contribution in [0.15, 0.2) is 77.8 Å². The number of carbonyl (C=O) groups is 2. The van der Waals surface area contributed by atoms with Gasteiger partial charge in [-0.15, -0.1) is 0 Å². The number of nitrogens with two attached hydrogens (primary N) is 3. The molecule has 270 valence electrons. The van der Waals surface area contributed by atoms with E-state index in [0.717, 1.165) is 42.6 Å². The number of fused-ring (bicyclic) bond motifs is 1. The zero-order valence-electron chi connectivity index (χ0n) is 31.3. The highest BCUT2D eigenvalue weighted by molar-refractivity contribution is 5.98. The normalized spacial score (nSPS) is 9.57. The van der Waals surface area contributed by atoms with Gasteiger partial charge in [0.25, 0.3) is 5.91 Å². The van der Waals surface area contributed by atoms with Crippen molar-refractivity contribution in [1.82, 2.24) is 14.5 Å². The Hall–Kier alpha value is -4.86. The van der Waals surface area contributed by atoms with E-state index in [-0.39, 0.29) is 18.4 Å².